The summed E-state index contributed by atoms with van der Waals surface area (Å²) in [4.78, 5) is 28.9. The Labute approximate surface area is 215 Å². The molecular weight excluding hydrogens is 552 g/mol. The lowest BCUT2D eigenvalue weighted by molar-refractivity contribution is -0.117. The quantitative estimate of drug-likeness (QED) is 0.254. The molecule has 1 fully saturated rings. The van der Waals surface area contributed by atoms with Crippen molar-refractivity contribution in [2.24, 2.45) is 5.92 Å². The number of benzene rings is 2. The van der Waals surface area contributed by atoms with Crippen LogP contribution in [0, 0.1) is 23.4 Å². The van der Waals surface area contributed by atoms with E-state index in [1.54, 1.807) is 0 Å². The summed E-state index contributed by atoms with van der Waals surface area (Å²) in [6.45, 7) is 0. The molecule has 2 aromatic carbocycles. The molecule has 188 valence electrons. The van der Waals surface area contributed by atoms with Crippen molar-refractivity contribution in [1.29, 1.82) is 0 Å². The lowest BCUT2D eigenvalue weighted by atomic mass is 10.0. The third-order valence-electron chi connectivity index (χ3n) is 5.41. The molecule has 1 aromatic heterocycles. The highest BCUT2D eigenvalue weighted by atomic mass is 35.5. The third-order valence-corrected chi connectivity index (χ3v) is 6.68. The predicted molar refractivity (Wildman–Crippen MR) is 124 cm³/mol. The number of halogens is 8. The first-order valence-corrected chi connectivity index (χ1v) is 11.2. The first-order chi connectivity index (χ1) is 16.9. The van der Waals surface area contributed by atoms with Crippen molar-refractivity contribution < 1.29 is 31.5 Å². The number of anilines is 2. The molecule has 4 rings (SSSR count). The van der Waals surface area contributed by atoms with Crippen LogP contribution in [0.2, 0.25) is 5.02 Å². The Hall–Kier alpha value is -2.95. The summed E-state index contributed by atoms with van der Waals surface area (Å²) in [6.07, 6.45) is -2.24. The molecule has 0 aliphatic heterocycles. The van der Waals surface area contributed by atoms with Gasteiger partial charge in [-0.3, -0.25) is 9.59 Å². The fourth-order valence-electron chi connectivity index (χ4n) is 3.69. The number of aromatic nitrogens is 1. The van der Waals surface area contributed by atoms with Crippen molar-refractivity contribution in [3.8, 4) is 0 Å². The maximum absolute atomic E-state index is 13.8. The molecular formula is C23H13Cl3F5N3O2. The van der Waals surface area contributed by atoms with Gasteiger partial charge in [0, 0.05) is 23.2 Å². The zero-order valence-electron chi connectivity index (χ0n) is 17.6. The average molecular weight is 565 g/mol. The van der Waals surface area contributed by atoms with Crippen LogP contribution >= 0.6 is 34.8 Å². The van der Waals surface area contributed by atoms with Crippen LogP contribution in [-0.4, -0.2) is 21.1 Å². The Morgan fingerprint density at radius 1 is 0.972 bits per heavy atom. The summed E-state index contributed by atoms with van der Waals surface area (Å²) in [5.74, 6) is -7.26. The molecule has 1 saturated carbocycles. The maximum atomic E-state index is 13.8. The van der Waals surface area contributed by atoms with E-state index in [2.05, 4.69) is 15.6 Å². The number of pyridine rings is 1. The largest absolute Gasteiger partial charge is 0.326 e. The van der Waals surface area contributed by atoms with E-state index in [4.69, 9.17) is 34.8 Å². The SMILES string of the molecule is O=C(Nc1ncc(F)cc1F)c1cc(NC(=O)[C@H]2[C@H](c3cc(F)cc(C(F)F)c3)C2(Cl)Cl)ccc1Cl. The Balaban J connectivity index is 1.52. The second kappa shape index (κ2) is 9.84. The van der Waals surface area contributed by atoms with Crippen LogP contribution in [0.25, 0.3) is 0 Å². The van der Waals surface area contributed by atoms with Gasteiger partial charge < -0.3 is 10.6 Å². The zero-order valence-corrected chi connectivity index (χ0v) is 19.9. The smallest absolute Gasteiger partial charge is 0.263 e. The topological polar surface area (TPSA) is 71.1 Å². The monoisotopic (exact) mass is 563 g/mol. The second-order valence-corrected chi connectivity index (χ2v) is 9.72. The predicted octanol–water partition coefficient (Wildman–Crippen LogP) is 6.87. The molecule has 2 N–H and O–H groups in total. The fourth-order valence-corrected chi connectivity index (χ4v) is 4.72. The summed E-state index contributed by atoms with van der Waals surface area (Å²) in [5, 5.41) is 4.58. The minimum Gasteiger partial charge on any atom is -0.326 e. The number of nitrogens with zero attached hydrogens (tertiary/aromatic N) is 1. The average Bonchev–Trinajstić information content (AvgIpc) is 3.38. The number of carbonyl (C=O) groups is 2. The lowest BCUT2D eigenvalue weighted by Crippen LogP contribution is -2.19. The van der Waals surface area contributed by atoms with Gasteiger partial charge in [0.05, 0.1) is 22.7 Å². The molecule has 0 bridgehead atoms. The Morgan fingerprint density at radius 3 is 2.36 bits per heavy atom. The number of carbonyl (C=O) groups excluding carboxylic acids is 2. The van der Waals surface area contributed by atoms with Crippen LogP contribution in [0.4, 0.5) is 33.5 Å². The van der Waals surface area contributed by atoms with Crippen molar-refractivity contribution in [2.75, 3.05) is 10.6 Å². The van der Waals surface area contributed by atoms with Crippen LogP contribution in [-0.2, 0) is 4.79 Å². The fraction of sp³-hybridized carbons (Fsp3) is 0.174. The van der Waals surface area contributed by atoms with E-state index in [9.17, 15) is 31.5 Å². The molecule has 2 amide bonds. The van der Waals surface area contributed by atoms with Gasteiger partial charge in [0.2, 0.25) is 5.91 Å². The number of hydrogen-bond donors (Lipinski definition) is 2. The van der Waals surface area contributed by atoms with E-state index in [0.29, 0.717) is 18.3 Å². The molecule has 1 aliphatic carbocycles. The molecule has 1 heterocycles. The van der Waals surface area contributed by atoms with Gasteiger partial charge in [0.1, 0.15) is 16.0 Å². The van der Waals surface area contributed by atoms with Crippen LogP contribution in [0.3, 0.4) is 0 Å². The van der Waals surface area contributed by atoms with Gasteiger partial charge in [-0.1, -0.05) is 11.6 Å². The maximum Gasteiger partial charge on any atom is 0.263 e. The standard InChI is InChI=1S/C23H13Cl3F5N3O2/c24-15-2-1-13(7-14(15)21(35)34-20-16(29)6-12(28)8-32-20)33-22(36)18-17(23(18,25)26)9-3-10(19(30)31)5-11(27)4-9/h1-8,17-19H,(H,33,36)(H,32,34,35)/t17-,18+/m0/s1. The highest BCUT2D eigenvalue weighted by Crippen LogP contribution is 2.65. The minimum absolute atomic E-state index is 0.0282. The normalized spacial score (nSPS) is 18.1. The van der Waals surface area contributed by atoms with E-state index in [1.807, 2.05) is 0 Å². The number of nitrogens with one attached hydrogen (secondary N) is 2. The minimum atomic E-state index is -2.94. The van der Waals surface area contributed by atoms with Gasteiger partial charge in [-0.25, -0.2) is 26.9 Å². The summed E-state index contributed by atoms with van der Waals surface area (Å²) >= 11 is 18.5. The molecule has 13 heteroatoms. The van der Waals surface area contributed by atoms with Gasteiger partial charge >= 0.3 is 0 Å². The Bertz CT molecular complexity index is 1370. The van der Waals surface area contributed by atoms with Crippen molar-refractivity contribution >= 4 is 58.1 Å². The van der Waals surface area contributed by atoms with E-state index < -0.39 is 63.2 Å². The van der Waals surface area contributed by atoms with Gasteiger partial charge in [-0.2, -0.15) is 0 Å². The highest BCUT2D eigenvalue weighted by molar-refractivity contribution is 6.53. The zero-order chi connectivity index (χ0) is 26.4. The van der Waals surface area contributed by atoms with Crippen LogP contribution in [0.5, 0.6) is 0 Å². The van der Waals surface area contributed by atoms with Gasteiger partial charge in [0.15, 0.2) is 11.6 Å². The highest BCUT2D eigenvalue weighted by Gasteiger charge is 2.67. The molecule has 0 spiro atoms. The summed E-state index contributed by atoms with van der Waals surface area (Å²) in [7, 11) is 0. The van der Waals surface area contributed by atoms with Crippen molar-refractivity contribution in [3.63, 3.8) is 0 Å². The van der Waals surface area contributed by atoms with E-state index in [-0.39, 0.29) is 21.8 Å². The second-order valence-electron chi connectivity index (χ2n) is 7.87. The van der Waals surface area contributed by atoms with Gasteiger partial charge in [-0.05, 0) is 42.0 Å². The molecule has 5 nitrogen and oxygen atoms in total. The summed E-state index contributed by atoms with van der Waals surface area (Å²) in [5.41, 5.74) is -0.660. The van der Waals surface area contributed by atoms with Crippen LogP contribution in [0.15, 0.2) is 48.7 Å². The summed E-state index contributed by atoms with van der Waals surface area (Å²) < 4.78 is 65.1. The van der Waals surface area contributed by atoms with Gasteiger partial charge in [-0.15, -0.1) is 23.2 Å². The molecule has 1 aliphatic rings. The lowest BCUT2D eigenvalue weighted by Gasteiger charge is -2.10. The Morgan fingerprint density at radius 2 is 1.69 bits per heavy atom. The first-order valence-electron chi connectivity index (χ1n) is 10.1. The first kappa shape index (κ1) is 26.1. The number of amides is 2. The number of alkyl halides is 4. The van der Waals surface area contributed by atoms with Crippen LogP contribution < -0.4 is 10.6 Å². The van der Waals surface area contributed by atoms with E-state index >= 15 is 0 Å². The molecule has 0 saturated heterocycles. The van der Waals surface area contributed by atoms with E-state index in [0.717, 1.165) is 12.1 Å². The van der Waals surface area contributed by atoms with Crippen LogP contribution in [0.1, 0.15) is 33.8 Å². The number of rotatable bonds is 6. The van der Waals surface area contributed by atoms with Crippen molar-refractivity contribution in [2.45, 2.75) is 16.7 Å². The summed E-state index contributed by atoms with van der Waals surface area (Å²) in [6, 6.07) is 7.00. The molecule has 2 atom stereocenters. The molecule has 0 radical (unpaired) electrons. The molecule has 3 aromatic rings. The molecule has 0 unspecified atom stereocenters. The van der Waals surface area contributed by atoms with Crippen molar-refractivity contribution in [3.05, 3.63) is 87.8 Å². The number of hydrogen-bond acceptors (Lipinski definition) is 3. The third kappa shape index (κ3) is 5.25. The molecule has 36 heavy (non-hydrogen) atoms. The van der Waals surface area contributed by atoms with E-state index in [1.165, 1.54) is 18.2 Å². The van der Waals surface area contributed by atoms with Gasteiger partial charge in [0.25, 0.3) is 12.3 Å². The Kier molecular flexibility index (Phi) is 7.14. The van der Waals surface area contributed by atoms with Crippen molar-refractivity contribution in [1.82, 2.24) is 4.98 Å².